The van der Waals surface area contributed by atoms with Gasteiger partial charge >= 0.3 is 0 Å². The number of aliphatic hydroxyl groups is 1. The molecule has 4 nitrogen and oxygen atoms in total. The van der Waals surface area contributed by atoms with Gasteiger partial charge in [0.2, 0.25) is 0 Å². The van der Waals surface area contributed by atoms with Gasteiger partial charge in [-0.05, 0) is 29.2 Å². The van der Waals surface area contributed by atoms with Crippen molar-refractivity contribution in [1.29, 1.82) is 0 Å². The quantitative estimate of drug-likeness (QED) is 0.891. The molecule has 0 radical (unpaired) electrons. The average molecular weight is 311 g/mol. The number of rotatable bonds is 5. The minimum Gasteiger partial charge on any atom is -0.483 e. The van der Waals surface area contributed by atoms with Gasteiger partial charge in [0.15, 0.2) is 6.61 Å². The molecule has 0 aliphatic heterocycles. The first-order valence-corrected chi connectivity index (χ1v) is 7.95. The van der Waals surface area contributed by atoms with Crippen molar-refractivity contribution < 1.29 is 14.6 Å². The van der Waals surface area contributed by atoms with E-state index in [2.05, 4.69) is 5.32 Å². The van der Waals surface area contributed by atoms with Crippen LogP contribution >= 0.6 is 0 Å². The second kappa shape index (κ2) is 6.84. The number of carbonyl (C=O) groups is 1. The van der Waals surface area contributed by atoms with Gasteiger partial charge in [-0.2, -0.15) is 0 Å². The van der Waals surface area contributed by atoms with E-state index in [1.807, 2.05) is 55.5 Å². The predicted octanol–water partition coefficient (Wildman–Crippen LogP) is 2.40. The first kappa shape index (κ1) is 15.6. The molecule has 2 aromatic rings. The van der Waals surface area contributed by atoms with E-state index in [4.69, 9.17) is 4.74 Å². The Kier molecular flexibility index (Phi) is 4.63. The molecule has 0 aromatic heterocycles. The summed E-state index contributed by atoms with van der Waals surface area (Å²) in [7, 11) is 0. The molecule has 1 aliphatic carbocycles. The van der Waals surface area contributed by atoms with Crippen molar-refractivity contribution in [3.63, 3.8) is 0 Å². The average Bonchev–Trinajstić information content (AvgIpc) is 2.89. The van der Waals surface area contributed by atoms with Crippen LogP contribution in [0.2, 0.25) is 0 Å². The van der Waals surface area contributed by atoms with Crippen molar-refractivity contribution in [3.8, 4) is 5.75 Å². The van der Waals surface area contributed by atoms with E-state index in [1.165, 1.54) is 0 Å². The van der Waals surface area contributed by atoms with Gasteiger partial charge in [0.1, 0.15) is 5.75 Å². The van der Waals surface area contributed by atoms with E-state index in [0.717, 1.165) is 28.9 Å². The van der Waals surface area contributed by atoms with Gasteiger partial charge in [-0.25, -0.2) is 0 Å². The van der Waals surface area contributed by atoms with Gasteiger partial charge in [-0.3, -0.25) is 4.79 Å². The normalized spacial score (nSPS) is 19.2. The molecule has 2 aromatic carbocycles. The summed E-state index contributed by atoms with van der Waals surface area (Å²) < 4.78 is 5.63. The Morgan fingerprint density at radius 3 is 2.78 bits per heavy atom. The summed E-state index contributed by atoms with van der Waals surface area (Å²) in [5.41, 5.74) is 3.15. The summed E-state index contributed by atoms with van der Waals surface area (Å²) in [4.78, 5) is 12.2. The van der Waals surface area contributed by atoms with Crippen LogP contribution in [0.25, 0.3) is 0 Å². The minimum absolute atomic E-state index is 0.0532. The van der Waals surface area contributed by atoms with Crippen LogP contribution < -0.4 is 10.1 Å². The van der Waals surface area contributed by atoms with Crippen LogP contribution in [0.4, 0.5) is 0 Å². The Hall–Kier alpha value is -2.33. The fourth-order valence-electron chi connectivity index (χ4n) is 3.04. The maximum atomic E-state index is 12.2. The second-order valence-corrected chi connectivity index (χ2v) is 5.77. The highest BCUT2D eigenvalue weighted by molar-refractivity contribution is 5.78. The van der Waals surface area contributed by atoms with Crippen LogP contribution in [0.15, 0.2) is 48.5 Å². The SMILES string of the molecule is CCc1ccccc1OCC(=O)NC1c2ccccc2CC1O. The molecular weight excluding hydrogens is 290 g/mol. The highest BCUT2D eigenvalue weighted by Crippen LogP contribution is 2.31. The molecule has 2 atom stereocenters. The molecule has 3 rings (SSSR count). The van der Waals surface area contributed by atoms with Gasteiger partial charge < -0.3 is 15.2 Å². The Bertz CT molecular complexity index is 699. The van der Waals surface area contributed by atoms with E-state index in [-0.39, 0.29) is 18.6 Å². The summed E-state index contributed by atoms with van der Waals surface area (Å²) >= 11 is 0. The third-order valence-corrected chi connectivity index (χ3v) is 4.23. The summed E-state index contributed by atoms with van der Waals surface area (Å²) in [6.07, 6.45) is 0.840. The molecule has 23 heavy (non-hydrogen) atoms. The van der Waals surface area contributed by atoms with E-state index in [0.29, 0.717) is 6.42 Å². The number of aliphatic hydroxyl groups excluding tert-OH is 1. The molecule has 2 N–H and O–H groups in total. The number of hydrogen-bond acceptors (Lipinski definition) is 3. The lowest BCUT2D eigenvalue weighted by atomic mass is 10.1. The number of fused-ring (bicyclic) bond motifs is 1. The first-order chi connectivity index (χ1) is 11.2. The number of para-hydroxylation sites is 1. The summed E-state index contributed by atoms with van der Waals surface area (Å²) in [5, 5.41) is 13.0. The topological polar surface area (TPSA) is 58.6 Å². The largest absolute Gasteiger partial charge is 0.483 e. The lowest BCUT2D eigenvalue weighted by Gasteiger charge is -2.18. The number of hydrogen-bond donors (Lipinski definition) is 2. The standard InChI is InChI=1S/C19H21NO3/c1-2-13-7-4-6-10-17(13)23-12-18(22)20-19-15-9-5-3-8-14(15)11-16(19)21/h3-10,16,19,21H,2,11-12H2,1H3,(H,20,22). The predicted molar refractivity (Wildman–Crippen MR) is 88.4 cm³/mol. The molecule has 120 valence electrons. The number of amides is 1. The van der Waals surface area contributed by atoms with Crippen molar-refractivity contribution >= 4 is 5.91 Å². The molecule has 0 saturated heterocycles. The second-order valence-electron chi connectivity index (χ2n) is 5.77. The van der Waals surface area contributed by atoms with Gasteiger partial charge in [0, 0.05) is 6.42 Å². The zero-order valence-corrected chi connectivity index (χ0v) is 13.2. The molecule has 0 heterocycles. The van der Waals surface area contributed by atoms with Crippen LogP contribution in [0.1, 0.15) is 29.7 Å². The van der Waals surface area contributed by atoms with Crippen LogP contribution in [-0.2, 0) is 17.6 Å². The van der Waals surface area contributed by atoms with Crippen molar-refractivity contribution in [2.24, 2.45) is 0 Å². The number of nitrogens with one attached hydrogen (secondary N) is 1. The van der Waals surface area contributed by atoms with E-state index < -0.39 is 6.10 Å². The van der Waals surface area contributed by atoms with Gasteiger partial charge in [0.05, 0.1) is 12.1 Å². The van der Waals surface area contributed by atoms with E-state index in [1.54, 1.807) is 0 Å². The molecular formula is C19H21NO3. The molecule has 4 heteroatoms. The number of aryl methyl sites for hydroxylation is 1. The van der Waals surface area contributed by atoms with Crippen molar-refractivity contribution in [2.45, 2.75) is 31.9 Å². The van der Waals surface area contributed by atoms with Crippen molar-refractivity contribution in [3.05, 3.63) is 65.2 Å². The van der Waals surface area contributed by atoms with Gasteiger partial charge in [0.25, 0.3) is 5.91 Å². The lowest BCUT2D eigenvalue weighted by Crippen LogP contribution is -2.36. The van der Waals surface area contributed by atoms with Crippen LogP contribution in [0.3, 0.4) is 0 Å². The molecule has 1 aliphatic rings. The summed E-state index contributed by atoms with van der Waals surface area (Å²) in [6, 6.07) is 15.1. The van der Waals surface area contributed by atoms with Crippen molar-refractivity contribution in [1.82, 2.24) is 5.32 Å². The third kappa shape index (κ3) is 3.37. The maximum Gasteiger partial charge on any atom is 0.258 e. The van der Waals surface area contributed by atoms with Crippen LogP contribution in [-0.4, -0.2) is 23.7 Å². The summed E-state index contributed by atoms with van der Waals surface area (Å²) in [5.74, 6) is 0.508. The Balaban J connectivity index is 1.62. The molecule has 0 fully saturated rings. The van der Waals surface area contributed by atoms with E-state index >= 15 is 0 Å². The Labute approximate surface area is 136 Å². The Morgan fingerprint density at radius 2 is 1.96 bits per heavy atom. The minimum atomic E-state index is -0.584. The Morgan fingerprint density at radius 1 is 1.22 bits per heavy atom. The fraction of sp³-hybridized carbons (Fsp3) is 0.316. The third-order valence-electron chi connectivity index (χ3n) is 4.23. The lowest BCUT2D eigenvalue weighted by molar-refractivity contribution is -0.124. The van der Waals surface area contributed by atoms with Crippen LogP contribution in [0, 0.1) is 0 Å². The first-order valence-electron chi connectivity index (χ1n) is 7.95. The number of benzene rings is 2. The molecule has 0 spiro atoms. The molecule has 1 amide bonds. The number of carbonyl (C=O) groups excluding carboxylic acids is 1. The molecule has 0 bridgehead atoms. The fourth-order valence-corrected chi connectivity index (χ4v) is 3.04. The number of ether oxygens (including phenoxy) is 1. The van der Waals surface area contributed by atoms with E-state index in [9.17, 15) is 9.90 Å². The highest BCUT2D eigenvalue weighted by atomic mass is 16.5. The smallest absolute Gasteiger partial charge is 0.258 e. The van der Waals surface area contributed by atoms with Crippen molar-refractivity contribution in [2.75, 3.05) is 6.61 Å². The zero-order valence-electron chi connectivity index (χ0n) is 13.2. The molecule has 2 unspecified atom stereocenters. The summed E-state index contributed by atoms with van der Waals surface area (Å²) in [6.45, 7) is 2.00. The van der Waals surface area contributed by atoms with Crippen LogP contribution in [0.5, 0.6) is 5.75 Å². The highest BCUT2D eigenvalue weighted by Gasteiger charge is 2.31. The van der Waals surface area contributed by atoms with Gasteiger partial charge in [-0.15, -0.1) is 0 Å². The zero-order chi connectivity index (χ0) is 16.2. The molecule has 0 saturated carbocycles. The monoisotopic (exact) mass is 311 g/mol. The maximum absolute atomic E-state index is 12.2. The van der Waals surface area contributed by atoms with Gasteiger partial charge in [-0.1, -0.05) is 49.4 Å².